The fourth-order valence-corrected chi connectivity index (χ4v) is 4.02. The van der Waals surface area contributed by atoms with E-state index in [2.05, 4.69) is 9.97 Å². The zero-order chi connectivity index (χ0) is 20.5. The molecular formula is C22H25FN4O2. The van der Waals surface area contributed by atoms with Gasteiger partial charge in [0, 0.05) is 35.8 Å². The first-order valence-electron chi connectivity index (χ1n) is 9.91. The average Bonchev–Trinajstić information content (AvgIpc) is 3.17. The molecule has 0 spiro atoms. The number of aromatic amines is 1. The van der Waals surface area contributed by atoms with Crippen LogP contribution in [0.1, 0.15) is 48.5 Å². The number of nitrogen functional groups attached to an aromatic ring is 1. The molecule has 29 heavy (non-hydrogen) atoms. The third-order valence-electron chi connectivity index (χ3n) is 5.39. The van der Waals surface area contributed by atoms with Gasteiger partial charge >= 0.3 is 0 Å². The van der Waals surface area contributed by atoms with Crippen LogP contribution in [0.3, 0.4) is 0 Å². The smallest absolute Gasteiger partial charge is 0.253 e. The number of hydrogen-bond donors (Lipinski definition) is 2. The van der Waals surface area contributed by atoms with Crippen molar-refractivity contribution in [3.8, 4) is 5.75 Å². The molecule has 3 N–H and O–H groups in total. The summed E-state index contributed by atoms with van der Waals surface area (Å²) in [5, 5.41) is 0.822. The zero-order valence-electron chi connectivity index (χ0n) is 16.6. The molecule has 1 saturated heterocycles. The third kappa shape index (κ3) is 3.77. The molecule has 0 saturated carbocycles. The van der Waals surface area contributed by atoms with Gasteiger partial charge in [0.2, 0.25) is 0 Å². The number of halogens is 1. The average molecular weight is 396 g/mol. The number of H-pyrrole nitrogens is 1. The number of ether oxygens (including phenoxy) is 1. The highest BCUT2D eigenvalue weighted by Gasteiger charge is 2.28. The van der Waals surface area contributed by atoms with Gasteiger partial charge < -0.3 is 20.4 Å². The van der Waals surface area contributed by atoms with Gasteiger partial charge in [-0.05, 0) is 56.9 Å². The van der Waals surface area contributed by atoms with Crippen LogP contribution >= 0.6 is 0 Å². The summed E-state index contributed by atoms with van der Waals surface area (Å²) in [6.45, 7) is 4.99. The Morgan fingerprint density at radius 3 is 2.76 bits per heavy atom. The first-order valence-corrected chi connectivity index (χ1v) is 9.91. The van der Waals surface area contributed by atoms with Gasteiger partial charge in [-0.3, -0.25) is 4.79 Å². The first-order chi connectivity index (χ1) is 13.9. The van der Waals surface area contributed by atoms with Gasteiger partial charge in [0.15, 0.2) is 0 Å². The molecule has 0 aliphatic carbocycles. The number of nitrogens with two attached hydrogens (primary N) is 1. The van der Waals surface area contributed by atoms with Crippen LogP contribution in [0.25, 0.3) is 11.0 Å². The summed E-state index contributed by atoms with van der Waals surface area (Å²) in [5.41, 5.74) is 8.43. The molecule has 6 nitrogen and oxygen atoms in total. The fraction of sp³-hybridized carbons (Fsp3) is 0.364. The lowest BCUT2D eigenvalue weighted by Gasteiger charge is -2.32. The first kappa shape index (κ1) is 19.2. The highest BCUT2D eigenvalue weighted by Crippen LogP contribution is 2.34. The van der Waals surface area contributed by atoms with Crippen LogP contribution in [0.15, 0.2) is 36.7 Å². The highest BCUT2D eigenvalue weighted by molar-refractivity contribution is 5.95. The number of hydrogen-bond acceptors (Lipinski definition) is 4. The van der Waals surface area contributed by atoms with Gasteiger partial charge in [-0.2, -0.15) is 0 Å². The van der Waals surface area contributed by atoms with Crippen molar-refractivity contribution in [3.63, 3.8) is 0 Å². The summed E-state index contributed by atoms with van der Waals surface area (Å²) in [6, 6.07) is 7.01. The van der Waals surface area contributed by atoms with E-state index >= 15 is 0 Å². The molecule has 0 unspecified atom stereocenters. The molecule has 0 radical (unpaired) electrons. The standard InChI is InChI=1S/C22H25FN4O2/c1-13(2)29-19-4-3-15(11-18(19)24)22(28)27-9-6-14(7-10-27)20-16-5-8-25-21(16)26-12-17(20)23/h3-5,8,11-14H,6-7,9-10,24H2,1-2H3,(H,25,26). The number of rotatable bonds is 4. The summed E-state index contributed by atoms with van der Waals surface area (Å²) in [5.74, 6) is 0.301. The van der Waals surface area contributed by atoms with E-state index in [1.165, 1.54) is 6.20 Å². The van der Waals surface area contributed by atoms with Gasteiger partial charge in [-0.25, -0.2) is 9.37 Å². The minimum absolute atomic E-state index is 0.0120. The van der Waals surface area contributed by atoms with Crippen LogP contribution in [-0.4, -0.2) is 40.0 Å². The van der Waals surface area contributed by atoms with E-state index in [1.54, 1.807) is 24.4 Å². The Balaban J connectivity index is 1.47. The maximum atomic E-state index is 14.5. The van der Waals surface area contributed by atoms with Gasteiger partial charge in [0.25, 0.3) is 5.91 Å². The molecule has 7 heteroatoms. The number of pyridine rings is 1. The Bertz CT molecular complexity index is 1040. The summed E-state index contributed by atoms with van der Waals surface area (Å²) < 4.78 is 20.1. The zero-order valence-corrected chi connectivity index (χ0v) is 16.6. The number of likely N-dealkylation sites (tertiary alicyclic amines) is 1. The lowest BCUT2D eigenvalue weighted by atomic mass is 9.87. The summed E-state index contributed by atoms with van der Waals surface area (Å²) in [4.78, 5) is 21.8. The normalized spacial score (nSPS) is 15.2. The molecule has 2 aromatic heterocycles. The molecule has 3 heterocycles. The Morgan fingerprint density at radius 1 is 1.31 bits per heavy atom. The van der Waals surface area contributed by atoms with Crippen LogP contribution < -0.4 is 10.5 Å². The van der Waals surface area contributed by atoms with E-state index in [0.717, 1.165) is 5.39 Å². The Morgan fingerprint density at radius 2 is 2.07 bits per heavy atom. The van der Waals surface area contributed by atoms with Crippen molar-refractivity contribution in [1.29, 1.82) is 0 Å². The SMILES string of the molecule is CC(C)Oc1ccc(C(=O)N2CCC(c3c(F)cnc4[nH]ccc34)CC2)cc1N. The van der Waals surface area contributed by atoms with Crippen LogP contribution in [0.5, 0.6) is 5.75 Å². The predicted octanol–water partition coefficient (Wildman–Crippen LogP) is 4.09. The second kappa shape index (κ2) is 7.73. The second-order valence-electron chi connectivity index (χ2n) is 7.75. The molecule has 3 aromatic rings. The Kier molecular flexibility index (Phi) is 5.13. The minimum atomic E-state index is -0.282. The number of aromatic nitrogens is 2. The number of piperidine rings is 1. The third-order valence-corrected chi connectivity index (χ3v) is 5.39. The highest BCUT2D eigenvalue weighted by atomic mass is 19.1. The second-order valence-corrected chi connectivity index (χ2v) is 7.75. The molecule has 4 rings (SSSR count). The van der Waals surface area contributed by atoms with E-state index < -0.39 is 0 Å². The van der Waals surface area contributed by atoms with Crippen molar-refractivity contribution < 1.29 is 13.9 Å². The van der Waals surface area contributed by atoms with E-state index in [-0.39, 0.29) is 23.7 Å². The molecule has 1 aliphatic heterocycles. The molecule has 1 amide bonds. The van der Waals surface area contributed by atoms with Crippen molar-refractivity contribution in [1.82, 2.24) is 14.9 Å². The summed E-state index contributed by atoms with van der Waals surface area (Å²) in [7, 11) is 0. The number of carbonyl (C=O) groups excluding carboxylic acids is 1. The van der Waals surface area contributed by atoms with Crippen molar-refractivity contribution in [3.05, 3.63) is 53.6 Å². The van der Waals surface area contributed by atoms with Crippen LogP contribution in [0, 0.1) is 5.82 Å². The predicted molar refractivity (Wildman–Crippen MR) is 111 cm³/mol. The molecule has 0 bridgehead atoms. The van der Waals surface area contributed by atoms with Gasteiger partial charge in [-0.15, -0.1) is 0 Å². The van der Waals surface area contributed by atoms with Crippen LogP contribution in [0.2, 0.25) is 0 Å². The molecule has 1 aliphatic rings. The summed E-state index contributed by atoms with van der Waals surface area (Å²) >= 11 is 0. The lowest BCUT2D eigenvalue weighted by Crippen LogP contribution is -2.38. The molecule has 0 atom stereocenters. The van der Waals surface area contributed by atoms with E-state index in [0.29, 0.717) is 54.1 Å². The summed E-state index contributed by atoms with van der Waals surface area (Å²) in [6.07, 6.45) is 4.47. The van der Waals surface area contributed by atoms with E-state index in [9.17, 15) is 9.18 Å². The minimum Gasteiger partial charge on any atom is -0.489 e. The Labute approximate surface area is 168 Å². The van der Waals surface area contributed by atoms with Crippen molar-refractivity contribution in [2.75, 3.05) is 18.8 Å². The van der Waals surface area contributed by atoms with E-state index in [4.69, 9.17) is 10.5 Å². The fourth-order valence-electron chi connectivity index (χ4n) is 4.02. The van der Waals surface area contributed by atoms with Gasteiger partial charge in [-0.1, -0.05) is 0 Å². The van der Waals surface area contributed by atoms with E-state index in [1.807, 2.05) is 24.8 Å². The number of nitrogens with one attached hydrogen (secondary N) is 1. The van der Waals surface area contributed by atoms with Gasteiger partial charge in [0.05, 0.1) is 18.0 Å². The maximum absolute atomic E-state index is 14.5. The van der Waals surface area contributed by atoms with Crippen LogP contribution in [0.4, 0.5) is 10.1 Å². The van der Waals surface area contributed by atoms with Crippen LogP contribution in [-0.2, 0) is 0 Å². The number of fused-ring (bicyclic) bond motifs is 1. The molecule has 1 fully saturated rings. The van der Waals surface area contributed by atoms with Crippen molar-refractivity contribution >= 4 is 22.6 Å². The topological polar surface area (TPSA) is 84.2 Å². The molecule has 152 valence electrons. The number of nitrogens with zero attached hydrogens (tertiary/aromatic N) is 2. The van der Waals surface area contributed by atoms with Crippen molar-refractivity contribution in [2.45, 2.75) is 38.7 Å². The lowest BCUT2D eigenvalue weighted by molar-refractivity contribution is 0.0712. The quantitative estimate of drug-likeness (QED) is 0.651. The number of anilines is 1. The monoisotopic (exact) mass is 396 g/mol. The number of benzene rings is 1. The number of carbonyl (C=O) groups is 1. The van der Waals surface area contributed by atoms with Crippen molar-refractivity contribution in [2.24, 2.45) is 0 Å². The Hall–Kier alpha value is -3.09. The maximum Gasteiger partial charge on any atom is 0.253 e. The number of amides is 1. The largest absolute Gasteiger partial charge is 0.489 e. The molecule has 1 aromatic carbocycles. The molecular weight excluding hydrogens is 371 g/mol. The van der Waals surface area contributed by atoms with Gasteiger partial charge in [0.1, 0.15) is 17.2 Å².